The summed E-state index contributed by atoms with van der Waals surface area (Å²) < 4.78 is 0. The van der Waals surface area contributed by atoms with Gasteiger partial charge in [-0.3, -0.25) is 10.1 Å². The number of anilines is 1. The monoisotopic (exact) mass is 297 g/mol. The van der Waals surface area contributed by atoms with E-state index in [0.717, 1.165) is 50.4 Å². The first-order chi connectivity index (χ1) is 9.52. The molecule has 0 saturated carbocycles. The molecule has 20 heavy (non-hydrogen) atoms. The van der Waals surface area contributed by atoms with Crippen molar-refractivity contribution in [2.24, 2.45) is 0 Å². The minimum atomic E-state index is -0.399. The summed E-state index contributed by atoms with van der Waals surface area (Å²) in [5, 5.41) is 11.3. The molecule has 0 atom stereocenters. The number of halogens is 1. The molecule has 0 radical (unpaired) electrons. The standard InChI is InChI=1S/C14H20ClN3O2/c1-3-16-5-4-6-17(8-7-16)14-11(2)9-12(18(19)20)10-13(14)15/h9-10H,3-8H2,1-2H3. The molecule has 1 saturated heterocycles. The van der Waals surface area contributed by atoms with Crippen molar-refractivity contribution in [2.45, 2.75) is 20.3 Å². The smallest absolute Gasteiger partial charge is 0.271 e. The Hall–Kier alpha value is -1.33. The van der Waals surface area contributed by atoms with Gasteiger partial charge in [0.05, 0.1) is 15.6 Å². The number of nitro benzene ring substituents is 1. The molecule has 1 aliphatic rings. The van der Waals surface area contributed by atoms with Crippen LogP contribution in [0.15, 0.2) is 12.1 Å². The SMILES string of the molecule is CCN1CCCN(c2c(C)cc([N+](=O)[O-])cc2Cl)CC1. The largest absolute Gasteiger partial charge is 0.369 e. The molecule has 5 nitrogen and oxygen atoms in total. The number of nitrogens with zero attached hydrogens (tertiary/aromatic N) is 3. The van der Waals surface area contributed by atoms with Crippen LogP contribution in [-0.4, -0.2) is 42.5 Å². The fourth-order valence-electron chi connectivity index (χ4n) is 2.74. The summed E-state index contributed by atoms with van der Waals surface area (Å²) >= 11 is 6.28. The van der Waals surface area contributed by atoms with E-state index in [1.54, 1.807) is 6.07 Å². The maximum atomic E-state index is 10.9. The van der Waals surface area contributed by atoms with Gasteiger partial charge < -0.3 is 9.80 Å². The Morgan fingerprint density at radius 2 is 2.05 bits per heavy atom. The van der Waals surface area contributed by atoms with Gasteiger partial charge in [0.2, 0.25) is 0 Å². The minimum absolute atomic E-state index is 0.0567. The summed E-state index contributed by atoms with van der Waals surface area (Å²) in [6.07, 6.45) is 1.08. The topological polar surface area (TPSA) is 49.6 Å². The molecule has 0 amide bonds. The minimum Gasteiger partial charge on any atom is -0.369 e. The van der Waals surface area contributed by atoms with Crippen molar-refractivity contribution in [3.05, 3.63) is 32.8 Å². The zero-order valence-corrected chi connectivity index (χ0v) is 12.7. The highest BCUT2D eigenvalue weighted by Gasteiger charge is 2.20. The van der Waals surface area contributed by atoms with E-state index in [1.165, 1.54) is 6.07 Å². The normalized spacial score (nSPS) is 17.1. The Labute approximate surface area is 124 Å². The number of hydrogen-bond acceptors (Lipinski definition) is 4. The summed E-state index contributed by atoms with van der Waals surface area (Å²) in [4.78, 5) is 15.1. The van der Waals surface area contributed by atoms with E-state index in [-0.39, 0.29) is 5.69 Å². The van der Waals surface area contributed by atoms with Crippen LogP contribution in [-0.2, 0) is 0 Å². The van der Waals surface area contributed by atoms with Gasteiger partial charge in [0.25, 0.3) is 5.69 Å². The summed E-state index contributed by atoms with van der Waals surface area (Å²) in [6.45, 7) is 9.05. The molecule has 0 N–H and O–H groups in total. The average Bonchev–Trinajstić information content (AvgIpc) is 2.63. The van der Waals surface area contributed by atoms with Crippen LogP contribution in [0.4, 0.5) is 11.4 Å². The van der Waals surface area contributed by atoms with Crippen molar-refractivity contribution in [3.63, 3.8) is 0 Å². The third-order valence-electron chi connectivity index (χ3n) is 3.80. The molecule has 2 rings (SSSR count). The number of aryl methyl sites for hydroxylation is 1. The molecule has 6 heteroatoms. The molecular weight excluding hydrogens is 278 g/mol. The number of non-ortho nitro benzene ring substituents is 1. The number of rotatable bonds is 3. The Kier molecular flexibility index (Phi) is 4.83. The number of nitro groups is 1. The van der Waals surface area contributed by atoms with Crippen molar-refractivity contribution >= 4 is 23.0 Å². The Morgan fingerprint density at radius 3 is 2.65 bits per heavy atom. The molecule has 1 heterocycles. The lowest BCUT2D eigenvalue weighted by molar-refractivity contribution is -0.384. The van der Waals surface area contributed by atoms with E-state index in [2.05, 4.69) is 16.7 Å². The highest BCUT2D eigenvalue weighted by molar-refractivity contribution is 6.33. The zero-order chi connectivity index (χ0) is 14.7. The van der Waals surface area contributed by atoms with Gasteiger partial charge in [0, 0.05) is 31.8 Å². The lowest BCUT2D eigenvalue weighted by Crippen LogP contribution is -2.31. The number of hydrogen-bond donors (Lipinski definition) is 0. The van der Waals surface area contributed by atoms with Gasteiger partial charge in [0.15, 0.2) is 0 Å². The molecule has 0 bridgehead atoms. The first-order valence-electron chi connectivity index (χ1n) is 6.94. The Bertz CT molecular complexity index is 484. The van der Waals surface area contributed by atoms with Crippen LogP contribution in [0.5, 0.6) is 0 Å². The number of likely N-dealkylation sites (N-methyl/N-ethyl adjacent to an activating group) is 1. The summed E-state index contributed by atoms with van der Waals surface area (Å²) in [7, 11) is 0. The van der Waals surface area contributed by atoms with Crippen molar-refractivity contribution in [1.82, 2.24) is 4.90 Å². The van der Waals surface area contributed by atoms with Crippen LogP contribution >= 0.6 is 11.6 Å². The molecule has 0 aliphatic carbocycles. The first-order valence-corrected chi connectivity index (χ1v) is 7.32. The molecular formula is C14H20ClN3O2. The molecule has 0 spiro atoms. The van der Waals surface area contributed by atoms with E-state index in [1.807, 2.05) is 6.92 Å². The molecule has 110 valence electrons. The van der Waals surface area contributed by atoms with Gasteiger partial charge in [-0.25, -0.2) is 0 Å². The first kappa shape index (κ1) is 15.1. The Morgan fingerprint density at radius 1 is 1.30 bits per heavy atom. The van der Waals surface area contributed by atoms with Gasteiger partial charge in [-0.2, -0.15) is 0 Å². The van der Waals surface area contributed by atoms with Gasteiger partial charge >= 0.3 is 0 Å². The van der Waals surface area contributed by atoms with E-state index in [0.29, 0.717) is 5.02 Å². The summed E-state index contributed by atoms with van der Waals surface area (Å²) in [5.41, 5.74) is 1.87. The van der Waals surface area contributed by atoms with Gasteiger partial charge in [-0.15, -0.1) is 0 Å². The molecule has 0 aromatic heterocycles. The third-order valence-corrected chi connectivity index (χ3v) is 4.09. The second-order valence-corrected chi connectivity index (χ2v) is 5.53. The molecule has 1 fully saturated rings. The fraction of sp³-hybridized carbons (Fsp3) is 0.571. The third kappa shape index (κ3) is 3.22. The van der Waals surface area contributed by atoms with Crippen LogP contribution in [0.2, 0.25) is 5.02 Å². The van der Waals surface area contributed by atoms with Crippen molar-refractivity contribution in [3.8, 4) is 0 Å². The van der Waals surface area contributed by atoms with Gasteiger partial charge in [0.1, 0.15) is 0 Å². The van der Waals surface area contributed by atoms with Crippen molar-refractivity contribution in [2.75, 3.05) is 37.6 Å². The Balaban J connectivity index is 2.26. The maximum Gasteiger partial charge on any atom is 0.271 e. The highest BCUT2D eigenvalue weighted by atomic mass is 35.5. The molecule has 1 aromatic rings. The predicted molar refractivity (Wildman–Crippen MR) is 81.8 cm³/mol. The second-order valence-electron chi connectivity index (χ2n) is 5.13. The van der Waals surface area contributed by atoms with Crippen molar-refractivity contribution < 1.29 is 4.92 Å². The zero-order valence-electron chi connectivity index (χ0n) is 11.9. The molecule has 0 unspecified atom stereocenters. The van der Waals surface area contributed by atoms with Crippen molar-refractivity contribution in [1.29, 1.82) is 0 Å². The average molecular weight is 298 g/mol. The highest BCUT2D eigenvalue weighted by Crippen LogP contribution is 2.34. The van der Waals surface area contributed by atoms with Crippen LogP contribution in [0.1, 0.15) is 18.9 Å². The van der Waals surface area contributed by atoms with Gasteiger partial charge in [-0.1, -0.05) is 18.5 Å². The predicted octanol–water partition coefficient (Wildman–Crippen LogP) is 3.09. The second kappa shape index (κ2) is 6.41. The van der Waals surface area contributed by atoms with Crippen LogP contribution in [0, 0.1) is 17.0 Å². The van der Waals surface area contributed by atoms with Crippen LogP contribution < -0.4 is 4.90 Å². The maximum absolute atomic E-state index is 10.9. The van der Waals surface area contributed by atoms with Gasteiger partial charge in [-0.05, 0) is 32.0 Å². The van der Waals surface area contributed by atoms with E-state index < -0.39 is 4.92 Å². The molecule has 1 aromatic carbocycles. The van der Waals surface area contributed by atoms with Crippen LogP contribution in [0.25, 0.3) is 0 Å². The number of benzene rings is 1. The lowest BCUT2D eigenvalue weighted by atomic mass is 10.1. The quantitative estimate of drug-likeness (QED) is 0.635. The van der Waals surface area contributed by atoms with Crippen LogP contribution in [0.3, 0.4) is 0 Å². The van der Waals surface area contributed by atoms with E-state index in [9.17, 15) is 10.1 Å². The molecule has 1 aliphatic heterocycles. The fourth-order valence-corrected chi connectivity index (χ4v) is 3.12. The summed E-state index contributed by atoms with van der Waals surface area (Å²) in [6, 6.07) is 3.05. The lowest BCUT2D eigenvalue weighted by Gasteiger charge is -2.26. The summed E-state index contributed by atoms with van der Waals surface area (Å²) in [5.74, 6) is 0. The van der Waals surface area contributed by atoms with E-state index in [4.69, 9.17) is 11.6 Å². The van der Waals surface area contributed by atoms with E-state index >= 15 is 0 Å².